The summed E-state index contributed by atoms with van der Waals surface area (Å²) in [6.07, 6.45) is 0.356. The summed E-state index contributed by atoms with van der Waals surface area (Å²) in [5, 5.41) is 0. The van der Waals surface area contributed by atoms with Crippen molar-refractivity contribution in [3.05, 3.63) is 0 Å². The predicted octanol–water partition coefficient (Wildman–Crippen LogP) is 0.784. The first-order valence-corrected chi connectivity index (χ1v) is 3.60. The van der Waals surface area contributed by atoms with Gasteiger partial charge < -0.3 is 14.2 Å². The summed E-state index contributed by atoms with van der Waals surface area (Å²) >= 11 is 0. The van der Waals surface area contributed by atoms with Crippen molar-refractivity contribution >= 4 is 0 Å². The minimum Gasteiger partial charge on any atom is -0.373 e. The molecular formula is C7H14O3. The molecule has 1 saturated heterocycles. The van der Waals surface area contributed by atoms with E-state index in [9.17, 15) is 0 Å². The van der Waals surface area contributed by atoms with Crippen LogP contribution in [0.2, 0.25) is 0 Å². The van der Waals surface area contributed by atoms with Crippen molar-refractivity contribution in [2.45, 2.75) is 26.1 Å². The second-order valence-electron chi connectivity index (χ2n) is 2.61. The molecule has 1 rings (SSSR count). The lowest BCUT2D eigenvalue weighted by Crippen LogP contribution is -2.28. The van der Waals surface area contributed by atoms with Crippen LogP contribution >= 0.6 is 0 Å². The Morgan fingerprint density at radius 1 is 1.00 bits per heavy atom. The molecule has 1 aliphatic rings. The molecule has 3 heteroatoms. The fourth-order valence-electron chi connectivity index (χ4n) is 0.774. The van der Waals surface area contributed by atoms with Crippen LogP contribution in [0.3, 0.4) is 0 Å². The Hall–Kier alpha value is -0.120. The zero-order valence-corrected chi connectivity index (χ0v) is 6.50. The number of hydrogen-bond acceptors (Lipinski definition) is 3. The first-order valence-electron chi connectivity index (χ1n) is 3.60. The molecule has 3 nitrogen and oxygen atoms in total. The molecule has 0 aliphatic carbocycles. The quantitative estimate of drug-likeness (QED) is 0.505. The highest BCUT2D eigenvalue weighted by molar-refractivity contribution is 4.53. The number of ether oxygens (including phenoxy) is 3. The molecular weight excluding hydrogens is 132 g/mol. The highest BCUT2D eigenvalue weighted by atomic mass is 16.7. The van der Waals surface area contributed by atoms with Crippen LogP contribution in [0.15, 0.2) is 0 Å². The monoisotopic (exact) mass is 146 g/mol. The van der Waals surface area contributed by atoms with E-state index in [4.69, 9.17) is 14.2 Å². The summed E-state index contributed by atoms with van der Waals surface area (Å²) in [6, 6.07) is 0. The van der Waals surface area contributed by atoms with Gasteiger partial charge in [-0.1, -0.05) is 0 Å². The minimum absolute atomic E-state index is 0.155. The van der Waals surface area contributed by atoms with Crippen molar-refractivity contribution in [2.75, 3.05) is 20.0 Å². The molecule has 1 aliphatic heterocycles. The van der Waals surface area contributed by atoms with Gasteiger partial charge in [-0.15, -0.1) is 0 Å². The van der Waals surface area contributed by atoms with E-state index in [0.29, 0.717) is 20.0 Å². The van der Waals surface area contributed by atoms with Crippen LogP contribution in [0.4, 0.5) is 0 Å². The summed E-state index contributed by atoms with van der Waals surface area (Å²) in [4.78, 5) is 0. The molecule has 0 aromatic rings. The molecule has 2 atom stereocenters. The molecule has 1 heterocycles. The Morgan fingerprint density at radius 3 is 2.50 bits per heavy atom. The highest BCUT2D eigenvalue weighted by Crippen LogP contribution is 2.01. The fraction of sp³-hybridized carbons (Fsp3) is 1.00. The molecule has 0 bridgehead atoms. The summed E-state index contributed by atoms with van der Waals surface area (Å²) in [5.74, 6) is 0. The summed E-state index contributed by atoms with van der Waals surface area (Å²) < 4.78 is 15.6. The normalized spacial score (nSPS) is 36.6. The van der Waals surface area contributed by atoms with Crippen LogP contribution in [0.5, 0.6) is 0 Å². The van der Waals surface area contributed by atoms with Crippen molar-refractivity contribution in [1.82, 2.24) is 0 Å². The van der Waals surface area contributed by atoms with E-state index in [1.54, 1.807) is 0 Å². The van der Waals surface area contributed by atoms with Gasteiger partial charge in [-0.05, 0) is 13.8 Å². The molecule has 0 aromatic heterocycles. The van der Waals surface area contributed by atoms with Crippen molar-refractivity contribution in [1.29, 1.82) is 0 Å². The molecule has 0 spiro atoms. The zero-order valence-electron chi connectivity index (χ0n) is 6.50. The molecule has 1 fully saturated rings. The molecule has 0 saturated carbocycles. The number of hydrogen-bond donors (Lipinski definition) is 0. The van der Waals surface area contributed by atoms with Crippen molar-refractivity contribution in [3.8, 4) is 0 Å². The maximum Gasteiger partial charge on any atom is 0.147 e. The van der Waals surface area contributed by atoms with Crippen LogP contribution in [0.25, 0.3) is 0 Å². The van der Waals surface area contributed by atoms with Crippen molar-refractivity contribution in [3.63, 3.8) is 0 Å². The minimum atomic E-state index is 0.155. The standard InChI is InChI=1S/C7H14O3/c1-6-3-8-5-10-7(2)4-9-6/h6-7H,3-5H2,1-2H3. The lowest BCUT2D eigenvalue weighted by Gasteiger charge is -2.21. The summed E-state index contributed by atoms with van der Waals surface area (Å²) in [7, 11) is 0. The largest absolute Gasteiger partial charge is 0.373 e. The molecule has 0 N–H and O–H groups in total. The zero-order chi connectivity index (χ0) is 7.40. The second kappa shape index (κ2) is 3.91. The van der Waals surface area contributed by atoms with E-state index >= 15 is 0 Å². The van der Waals surface area contributed by atoms with Crippen LogP contribution in [-0.2, 0) is 14.2 Å². The summed E-state index contributed by atoms with van der Waals surface area (Å²) in [5.41, 5.74) is 0. The average molecular weight is 146 g/mol. The van der Waals surface area contributed by atoms with Gasteiger partial charge in [0.25, 0.3) is 0 Å². The van der Waals surface area contributed by atoms with Crippen molar-refractivity contribution in [2.24, 2.45) is 0 Å². The van der Waals surface area contributed by atoms with E-state index in [0.717, 1.165) is 0 Å². The van der Waals surface area contributed by atoms with Gasteiger partial charge in [0, 0.05) is 0 Å². The lowest BCUT2D eigenvalue weighted by atomic mass is 10.4. The van der Waals surface area contributed by atoms with Crippen LogP contribution < -0.4 is 0 Å². The van der Waals surface area contributed by atoms with Gasteiger partial charge in [0.05, 0.1) is 25.4 Å². The molecule has 0 aromatic carbocycles. The third-order valence-corrected chi connectivity index (χ3v) is 1.40. The highest BCUT2D eigenvalue weighted by Gasteiger charge is 2.10. The molecule has 2 unspecified atom stereocenters. The Morgan fingerprint density at radius 2 is 1.70 bits per heavy atom. The maximum atomic E-state index is 5.35. The first kappa shape index (κ1) is 7.98. The van der Waals surface area contributed by atoms with E-state index in [2.05, 4.69) is 0 Å². The van der Waals surface area contributed by atoms with E-state index in [-0.39, 0.29) is 12.2 Å². The SMILES string of the molecule is CC1COCOC(C)CO1. The van der Waals surface area contributed by atoms with Gasteiger partial charge in [-0.2, -0.15) is 0 Å². The molecule has 0 radical (unpaired) electrons. The van der Waals surface area contributed by atoms with Gasteiger partial charge in [-0.25, -0.2) is 0 Å². The van der Waals surface area contributed by atoms with Gasteiger partial charge in [0.2, 0.25) is 0 Å². The summed E-state index contributed by atoms with van der Waals surface area (Å²) in [6.45, 7) is 5.67. The lowest BCUT2D eigenvalue weighted by molar-refractivity contribution is -0.159. The van der Waals surface area contributed by atoms with Gasteiger partial charge in [0.1, 0.15) is 6.79 Å². The Kier molecular flexibility index (Phi) is 3.12. The Balaban J connectivity index is 2.23. The van der Waals surface area contributed by atoms with Crippen LogP contribution in [0, 0.1) is 0 Å². The molecule has 60 valence electrons. The third-order valence-electron chi connectivity index (χ3n) is 1.40. The molecule has 0 amide bonds. The number of rotatable bonds is 0. The Labute approximate surface area is 61.3 Å². The predicted molar refractivity (Wildman–Crippen MR) is 36.8 cm³/mol. The van der Waals surface area contributed by atoms with Gasteiger partial charge in [-0.3, -0.25) is 0 Å². The maximum absolute atomic E-state index is 5.35. The topological polar surface area (TPSA) is 27.7 Å². The van der Waals surface area contributed by atoms with E-state index < -0.39 is 0 Å². The Bertz CT molecular complexity index is 82.9. The molecule has 10 heavy (non-hydrogen) atoms. The average Bonchev–Trinajstić information content (AvgIpc) is 1.90. The first-order chi connectivity index (χ1) is 4.79. The van der Waals surface area contributed by atoms with Crippen LogP contribution in [0.1, 0.15) is 13.8 Å². The van der Waals surface area contributed by atoms with E-state index in [1.807, 2.05) is 13.8 Å². The third kappa shape index (κ3) is 2.64. The smallest absolute Gasteiger partial charge is 0.147 e. The van der Waals surface area contributed by atoms with Crippen LogP contribution in [-0.4, -0.2) is 32.2 Å². The van der Waals surface area contributed by atoms with Gasteiger partial charge >= 0.3 is 0 Å². The van der Waals surface area contributed by atoms with E-state index in [1.165, 1.54) is 0 Å². The second-order valence-corrected chi connectivity index (χ2v) is 2.61. The fourth-order valence-corrected chi connectivity index (χ4v) is 0.774. The van der Waals surface area contributed by atoms with Crippen molar-refractivity contribution < 1.29 is 14.2 Å². The van der Waals surface area contributed by atoms with Gasteiger partial charge in [0.15, 0.2) is 0 Å².